The van der Waals surface area contributed by atoms with Gasteiger partial charge in [0.25, 0.3) is 11.6 Å². The number of nitro benzene ring substituents is 1. The molecule has 8 nitrogen and oxygen atoms in total. The average Bonchev–Trinajstić information content (AvgIpc) is 2.83. The third kappa shape index (κ3) is 6.43. The number of nitrogens with one attached hydrogen (secondary N) is 1. The van der Waals surface area contributed by atoms with E-state index in [9.17, 15) is 20.2 Å². The normalized spacial score (nSPS) is 10.8. The van der Waals surface area contributed by atoms with E-state index < -0.39 is 4.92 Å². The lowest BCUT2D eigenvalue weighted by molar-refractivity contribution is -0.384. The molecule has 0 heterocycles. The number of rotatable bonds is 9. The van der Waals surface area contributed by atoms with Crippen LogP contribution in [0.1, 0.15) is 23.6 Å². The molecule has 0 aliphatic carbocycles. The highest BCUT2D eigenvalue weighted by Crippen LogP contribution is 2.30. The number of benzene rings is 3. The number of allylic oxidation sites excluding steroid dienone is 1. The molecule has 3 aromatic rings. The number of nitrogens with zero attached hydrogens (tertiary/aromatic N) is 2. The van der Waals surface area contributed by atoms with Crippen LogP contribution in [0.4, 0.5) is 11.4 Å². The zero-order valence-electron chi connectivity index (χ0n) is 18.8. The van der Waals surface area contributed by atoms with Gasteiger partial charge in [-0.2, -0.15) is 5.26 Å². The van der Waals surface area contributed by atoms with Crippen LogP contribution in [0.3, 0.4) is 0 Å². The highest BCUT2D eigenvalue weighted by atomic mass is 16.6. The molecule has 0 radical (unpaired) electrons. The van der Waals surface area contributed by atoms with Crippen molar-refractivity contribution in [3.05, 3.63) is 93.5 Å². The third-order valence-corrected chi connectivity index (χ3v) is 4.78. The van der Waals surface area contributed by atoms with E-state index in [1.807, 2.05) is 38.1 Å². The molecule has 0 aliphatic heterocycles. The van der Waals surface area contributed by atoms with Crippen molar-refractivity contribution < 1.29 is 19.2 Å². The Hall–Kier alpha value is -4.64. The van der Waals surface area contributed by atoms with Gasteiger partial charge in [0.2, 0.25) is 0 Å². The third-order valence-electron chi connectivity index (χ3n) is 4.78. The Morgan fingerprint density at radius 2 is 1.76 bits per heavy atom. The fourth-order valence-electron chi connectivity index (χ4n) is 3.09. The lowest BCUT2D eigenvalue weighted by atomic mass is 10.0. The van der Waals surface area contributed by atoms with Gasteiger partial charge in [0.15, 0.2) is 18.1 Å². The minimum Gasteiger partial charge on any atom is -0.490 e. The van der Waals surface area contributed by atoms with Crippen LogP contribution in [0.5, 0.6) is 11.5 Å². The van der Waals surface area contributed by atoms with Crippen molar-refractivity contribution in [1.82, 2.24) is 0 Å². The fourth-order valence-corrected chi connectivity index (χ4v) is 3.09. The lowest BCUT2D eigenvalue weighted by Gasteiger charge is -2.13. The van der Waals surface area contributed by atoms with Gasteiger partial charge in [-0.15, -0.1) is 0 Å². The van der Waals surface area contributed by atoms with Gasteiger partial charge >= 0.3 is 0 Å². The molecule has 8 heteroatoms. The van der Waals surface area contributed by atoms with Crippen LogP contribution in [0.15, 0.2) is 66.7 Å². The van der Waals surface area contributed by atoms with E-state index in [2.05, 4.69) is 11.4 Å². The molecule has 172 valence electrons. The standard InChI is InChI=1S/C26H23N3O5/c1-3-33-25-15-19(14-21(16-27)20-7-11-23(12-8-20)29(31)32)6-13-24(25)34-17-26(30)28-22-9-4-18(2)5-10-22/h4-15H,3,17H2,1-2H3,(H,28,30)/b21-14+. The number of anilines is 1. The van der Waals surface area contributed by atoms with Crippen molar-refractivity contribution in [2.75, 3.05) is 18.5 Å². The first-order chi connectivity index (χ1) is 16.4. The highest BCUT2D eigenvalue weighted by Gasteiger charge is 2.11. The summed E-state index contributed by atoms with van der Waals surface area (Å²) in [5, 5.41) is 23.2. The highest BCUT2D eigenvalue weighted by molar-refractivity contribution is 5.92. The molecule has 34 heavy (non-hydrogen) atoms. The van der Waals surface area contributed by atoms with Gasteiger partial charge in [0.1, 0.15) is 0 Å². The van der Waals surface area contributed by atoms with Gasteiger partial charge < -0.3 is 14.8 Å². The van der Waals surface area contributed by atoms with Gasteiger partial charge in [0, 0.05) is 17.8 Å². The summed E-state index contributed by atoms with van der Waals surface area (Å²) in [6, 6.07) is 20.4. The average molecular weight is 457 g/mol. The lowest BCUT2D eigenvalue weighted by Crippen LogP contribution is -2.20. The molecular weight excluding hydrogens is 434 g/mol. The first-order valence-corrected chi connectivity index (χ1v) is 10.5. The monoisotopic (exact) mass is 457 g/mol. The first-order valence-electron chi connectivity index (χ1n) is 10.5. The zero-order chi connectivity index (χ0) is 24.5. The molecule has 0 saturated heterocycles. The van der Waals surface area contributed by atoms with E-state index in [1.54, 1.807) is 24.3 Å². The molecular formula is C26H23N3O5. The summed E-state index contributed by atoms with van der Waals surface area (Å²) in [6.45, 7) is 3.98. The second-order valence-electron chi connectivity index (χ2n) is 7.32. The second-order valence-corrected chi connectivity index (χ2v) is 7.32. The molecule has 0 atom stereocenters. The smallest absolute Gasteiger partial charge is 0.269 e. The number of hydrogen-bond donors (Lipinski definition) is 1. The molecule has 1 amide bonds. The van der Waals surface area contributed by atoms with Gasteiger partial charge in [-0.05, 0) is 67.4 Å². The Morgan fingerprint density at radius 3 is 2.38 bits per heavy atom. The van der Waals surface area contributed by atoms with Gasteiger partial charge in [-0.1, -0.05) is 23.8 Å². The van der Waals surface area contributed by atoms with Crippen LogP contribution < -0.4 is 14.8 Å². The molecule has 3 rings (SSSR count). The van der Waals surface area contributed by atoms with Crippen LogP contribution in [0.25, 0.3) is 11.6 Å². The maximum atomic E-state index is 12.2. The molecule has 0 aromatic heterocycles. The largest absolute Gasteiger partial charge is 0.490 e. The maximum Gasteiger partial charge on any atom is 0.269 e. The Morgan fingerprint density at radius 1 is 1.06 bits per heavy atom. The predicted molar refractivity (Wildman–Crippen MR) is 129 cm³/mol. The quantitative estimate of drug-likeness (QED) is 0.200. The van der Waals surface area contributed by atoms with Gasteiger partial charge in [-0.3, -0.25) is 14.9 Å². The molecule has 0 fully saturated rings. The van der Waals surface area contributed by atoms with Crippen molar-refractivity contribution in [3.8, 4) is 17.6 Å². The molecule has 0 unspecified atom stereocenters. The summed E-state index contributed by atoms with van der Waals surface area (Å²) in [5.41, 5.74) is 3.29. The molecule has 3 aromatic carbocycles. The number of nitro groups is 1. The summed E-state index contributed by atoms with van der Waals surface area (Å²) >= 11 is 0. The van der Waals surface area contributed by atoms with Crippen LogP contribution >= 0.6 is 0 Å². The van der Waals surface area contributed by atoms with Crippen LogP contribution in [-0.4, -0.2) is 24.0 Å². The SMILES string of the molecule is CCOc1cc(/C=C(\C#N)c2ccc([N+](=O)[O-])cc2)ccc1OCC(=O)Nc1ccc(C)cc1. The topological polar surface area (TPSA) is 114 Å². The van der Waals surface area contributed by atoms with Crippen molar-refractivity contribution in [2.45, 2.75) is 13.8 Å². The van der Waals surface area contributed by atoms with Crippen molar-refractivity contribution in [2.24, 2.45) is 0 Å². The van der Waals surface area contributed by atoms with Crippen molar-refractivity contribution in [3.63, 3.8) is 0 Å². The molecule has 0 bridgehead atoms. The summed E-state index contributed by atoms with van der Waals surface area (Å²) in [6.07, 6.45) is 1.65. The fraction of sp³-hybridized carbons (Fsp3) is 0.154. The van der Waals surface area contributed by atoms with E-state index in [-0.39, 0.29) is 18.2 Å². The second kappa shape index (κ2) is 11.3. The summed E-state index contributed by atoms with van der Waals surface area (Å²) in [7, 11) is 0. The number of carbonyl (C=O) groups excluding carboxylic acids is 1. The summed E-state index contributed by atoms with van der Waals surface area (Å²) in [5.74, 6) is 0.521. The number of ether oxygens (including phenoxy) is 2. The van der Waals surface area contributed by atoms with E-state index >= 15 is 0 Å². The van der Waals surface area contributed by atoms with E-state index in [4.69, 9.17) is 9.47 Å². The van der Waals surface area contributed by atoms with Gasteiger partial charge in [-0.25, -0.2) is 0 Å². The molecule has 1 N–H and O–H groups in total. The summed E-state index contributed by atoms with van der Waals surface area (Å²) in [4.78, 5) is 22.6. The summed E-state index contributed by atoms with van der Waals surface area (Å²) < 4.78 is 11.3. The number of nitriles is 1. The Labute approximate surface area is 197 Å². The van der Waals surface area contributed by atoms with Crippen molar-refractivity contribution in [1.29, 1.82) is 5.26 Å². The Balaban J connectivity index is 1.74. The molecule has 0 spiro atoms. The number of carbonyl (C=O) groups is 1. The Bertz CT molecular complexity index is 1240. The minimum atomic E-state index is -0.492. The number of amides is 1. The number of aryl methyl sites for hydroxylation is 1. The Kier molecular flexibility index (Phi) is 7.97. The maximum absolute atomic E-state index is 12.2. The van der Waals surface area contributed by atoms with Gasteiger partial charge in [0.05, 0.1) is 23.2 Å². The first kappa shape index (κ1) is 24.0. The molecule has 0 saturated carbocycles. The van der Waals surface area contributed by atoms with E-state index in [1.165, 1.54) is 24.3 Å². The van der Waals surface area contributed by atoms with E-state index in [0.717, 1.165) is 5.56 Å². The predicted octanol–water partition coefficient (Wildman–Crippen LogP) is 5.38. The number of hydrogen-bond acceptors (Lipinski definition) is 6. The molecule has 0 aliphatic rings. The van der Waals surface area contributed by atoms with Crippen LogP contribution in [0.2, 0.25) is 0 Å². The van der Waals surface area contributed by atoms with E-state index in [0.29, 0.717) is 40.5 Å². The van der Waals surface area contributed by atoms with Crippen molar-refractivity contribution >= 4 is 28.9 Å². The van der Waals surface area contributed by atoms with Crippen LogP contribution in [0, 0.1) is 28.4 Å². The number of non-ortho nitro benzene ring substituents is 1. The minimum absolute atomic E-state index is 0.0485. The zero-order valence-corrected chi connectivity index (χ0v) is 18.8. The van der Waals surface area contributed by atoms with Crippen LogP contribution in [-0.2, 0) is 4.79 Å².